The Kier molecular flexibility index (Phi) is 5.43. The second-order valence-corrected chi connectivity index (χ2v) is 8.69. The fraction of sp³-hybridized carbons (Fsp3) is 0.444. The second-order valence-electron chi connectivity index (χ2n) is 6.64. The Bertz CT molecular complexity index is 864. The van der Waals surface area contributed by atoms with E-state index < -0.39 is 10.0 Å². The molecule has 0 saturated carbocycles. The molecule has 1 aliphatic heterocycles. The highest BCUT2D eigenvalue weighted by Gasteiger charge is 2.27. The molecule has 1 fully saturated rings. The van der Waals surface area contributed by atoms with Crippen LogP contribution in [-0.4, -0.2) is 59.3 Å². The highest BCUT2D eigenvalue weighted by Crippen LogP contribution is 2.22. The van der Waals surface area contributed by atoms with Crippen molar-refractivity contribution in [3.05, 3.63) is 48.5 Å². The molecule has 1 aromatic heterocycles. The normalized spacial score (nSPS) is 17.8. The number of aromatic nitrogens is 2. The summed E-state index contributed by atoms with van der Waals surface area (Å²) in [6.07, 6.45) is 7.07. The van der Waals surface area contributed by atoms with Gasteiger partial charge in [0.05, 0.1) is 11.2 Å². The molecule has 0 spiro atoms. The van der Waals surface area contributed by atoms with Crippen molar-refractivity contribution in [2.24, 2.45) is 0 Å². The van der Waals surface area contributed by atoms with E-state index in [-0.39, 0.29) is 16.8 Å². The van der Waals surface area contributed by atoms with E-state index in [0.717, 1.165) is 19.4 Å². The monoisotopic (exact) mass is 376 g/mol. The van der Waals surface area contributed by atoms with Crippen LogP contribution in [0.4, 0.5) is 0 Å². The topological polar surface area (TPSA) is 75.5 Å². The van der Waals surface area contributed by atoms with Crippen molar-refractivity contribution in [2.45, 2.75) is 37.2 Å². The number of carbonyl (C=O) groups is 1. The first-order valence-electron chi connectivity index (χ1n) is 8.72. The summed E-state index contributed by atoms with van der Waals surface area (Å²) in [5.41, 5.74) is 0.419. The van der Waals surface area contributed by atoms with Crippen LogP contribution in [-0.2, 0) is 16.6 Å². The minimum absolute atomic E-state index is 0.104. The summed E-state index contributed by atoms with van der Waals surface area (Å²) in [5.74, 6) is -0.104. The van der Waals surface area contributed by atoms with Gasteiger partial charge >= 0.3 is 0 Å². The summed E-state index contributed by atoms with van der Waals surface area (Å²) in [7, 11) is -2.11. The van der Waals surface area contributed by atoms with Crippen LogP contribution in [0.15, 0.2) is 47.9 Å². The molecule has 26 heavy (non-hydrogen) atoms. The summed E-state index contributed by atoms with van der Waals surface area (Å²) >= 11 is 0. The maximum atomic E-state index is 12.8. The third kappa shape index (κ3) is 3.81. The highest BCUT2D eigenvalue weighted by atomic mass is 32.2. The van der Waals surface area contributed by atoms with Gasteiger partial charge in [0.15, 0.2) is 0 Å². The minimum atomic E-state index is -3.66. The summed E-state index contributed by atoms with van der Waals surface area (Å²) in [6, 6.07) is 6.52. The SMILES string of the molecule is C[C@@H]1CCCN1C(=O)c1cccc(S(=O)(=O)N(C)CCn2ccnc2)c1. The van der Waals surface area contributed by atoms with Gasteiger partial charge in [-0.05, 0) is 38.0 Å². The van der Waals surface area contributed by atoms with Gasteiger partial charge in [-0.2, -0.15) is 4.31 Å². The standard InChI is InChI=1S/C18H24N4O3S/c1-15-5-4-9-22(15)18(23)16-6-3-7-17(13-16)26(24,25)20(2)11-12-21-10-8-19-14-21/h3,6-8,10,13-15H,4-5,9,11-12H2,1-2H3/t15-/m1/s1. The van der Waals surface area contributed by atoms with E-state index in [0.29, 0.717) is 18.7 Å². The van der Waals surface area contributed by atoms with E-state index in [4.69, 9.17) is 0 Å². The van der Waals surface area contributed by atoms with E-state index in [9.17, 15) is 13.2 Å². The van der Waals surface area contributed by atoms with E-state index >= 15 is 0 Å². The van der Waals surface area contributed by atoms with Crippen LogP contribution in [0.25, 0.3) is 0 Å². The predicted molar refractivity (Wildman–Crippen MR) is 98.2 cm³/mol. The van der Waals surface area contributed by atoms with Crippen molar-refractivity contribution in [3.63, 3.8) is 0 Å². The van der Waals surface area contributed by atoms with Crippen molar-refractivity contribution >= 4 is 15.9 Å². The van der Waals surface area contributed by atoms with Crippen LogP contribution in [0.3, 0.4) is 0 Å². The lowest BCUT2D eigenvalue weighted by molar-refractivity contribution is 0.0747. The molecule has 0 unspecified atom stereocenters. The Balaban J connectivity index is 1.76. The molecule has 8 heteroatoms. The largest absolute Gasteiger partial charge is 0.336 e. The molecule has 1 aromatic carbocycles. The van der Waals surface area contributed by atoms with Gasteiger partial charge in [0.1, 0.15) is 0 Å². The van der Waals surface area contributed by atoms with Crippen LogP contribution >= 0.6 is 0 Å². The van der Waals surface area contributed by atoms with Crippen LogP contribution in [0.2, 0.25) is 0 Å². The molecule has 3 rings (SSSR count). The molecule has 0 radical (unpaired) electrons. The first kappa shape index (κ1) is 18.6. The van der Waals surface area contributed by atoms with Gasteiger partial charge in [0.25, 0.3) is 5.91 Å². The number of amides is 1. The highest BCUT2D eigenvalue weighted by molar-refractivity contribution is 7.89. The third-order valence-corrected chi connectivity index (χ3v) is 6.69. The molecule has 0 aliphatic carbocycles. The molecule has 1 amide bonds. The third-order valence-electron chi connectivity index (χ3n) is 4.84. The number of carbonyl (C=O) groups excluding carboxylic acids is 1. The second kappa shape index (κ2) is 7.59. The number of imidazole rings is 1. The average Bonchev–Trinajstić information content (AvgIpc) is 3.30. The summed E-state index contributed by atoms with van der Waals surface area (Å²) < 4.78 is 28.8. The van der Waals surface area contributed by atoms with Gasteiger partial charge in [-0.15, -0.1) is 0 Å². The number of hydrogen-bond donors (Lipinski definition) is 0. The zero-order valence-electron chi connectivity index (χ0n) is 15.1. The van der Waals surface area contributed by atoms with Crippen molar-refractivity contribution in [1.29, 1.82) is 0 Å². The Hall–Kier alpha value is -2.19. The number of benzene rings is 1. The molecule has 0 bridgehead atoms. The molecule has 7 nitrogen and oxygen atoms in total. The van der Waals surface area contributed by atoms with Crippen molar-refractivity contribution in [1.82, 2.24) is 18.8 Å². The summed E-state index contributed by atoms with van der Waals surface area (Å²) in [6.45, 7) is 3.58. The van der Waals surface area contributed by atoms with Gasteiger partial charge in [-0.1, -0.05) is 6.07 Å². The Morgan fingerprint density at radius 1 is 1.38 bits per heavy atom. The van der Waals surface area contributed by atoms with Gasteiger partial charge in [0, 0.05) is 50.7 Å². The Morgan fingerprint density at radius 3 is 2.85 bits per heavy atom. The Labute approximate surface area is 154 Å². The van der Waals surface area contributed by atoms with E-state index in [1.807, 2.05) is 16.4 Å². The molecule has 2 aromatic rings. The summed E-state index contributed by atoms with van der Waals surface area (Å²) in [5, 5.41) is 0. The van der Waals surface area contributed by atoms with Gasteiger partial charge in [-0.3, -0.25) is 4.79 Å². The number of hydrogen-bond acceptors (Lipinski definition) is 4. The molecule has 1 saturated heterocycles. The smallest absolute Gasteiger partial charge is 0.254 e. The minimum Gasteiger partial charge on any atom is -0.336 e. The van der Waals surface area contributed by atoms with E-state index in [1.165, 1.54) is 16.4 Å². The molecule has 1 aliphatic rings. The number of rotatable bonds is 6. The number of sulfonamides is 1. The fourth-order valence-electron chi connectivity index (χ4n) is 3.17. The van der Waals surface area contributed by atoms with Crippen molar-refractivity contribution < 1.29 is 13.2 Å². The number of nitrogens with zero attached hydrogens (tertiary/aromatic N) is 4. The first-order chi connectivity index (χ1) is 12.4. The molecule has 0 N–H and O–H groups in total. The van der Waals surface area contributed by atoms with E-state index in [1.54, 1.807) is 37.9 Å². The lowest BCUT2D eigenvalue weighted by Crippen LogP contribution is -2.34. The maximum Gasteiger partial charge on any atom is 0.254 e. The molecule has 2 heterocycles. The van der Waals surface area contributed by atoms with Crippen LogP contribution in [0, 0.1) is 0 Å². The van der Waals surface area contributed by atoms with Gasteiger partial charge in [-0.25, -0.2) is 13.4 Å². The van der Waals surface area contributed by atoms with Crippen molar-refractivity contribution in [3.8, 4) is 0 Å². The van der Waals surface area contributed by atoms with Gasteiger partial charge in [0.2, 0.25) is 10.0 Å². The zero-order valence-corrected chi connectivity index (χ0v) is 15.9. The predicted octanol–water partition coefficient (Wildman–Crippen LogP) is 1.83. The zero-order chi connectivity index (χ0) is 18.7. The van der Waals surface area contributed by atoms with E-state index in [2.05, 4.69) is 4.98 Å². The van der Waals surface area contributed by atoms with Crippen LogP contribution in [0.1, 0.15) is 30.1 Å². The summed E-state index contributed by atoms with van der Waals surface area (Å²) in [4.78, 5) is 18.6. The lowest BCUT2D eigenvalue weighted by atomic mass is 10.2. The maximum absolute atomic E-state index is 12.8. The fourth-order valence-corrected chi connectivity index (χ4v) is 4.37. The van der Waals surface area contributed by atoms with Gasteiger partial charge < -0.3 is 9.47 Å². The number of likely N-dealkylation sites (N-methyl/N-ethyl adjacent to an activating group) is 1. The lowest BCUT2D eigenvalue weighted by Gasteiger charge is -2.22. The van der Waals surface area contributed by atoms with Crippen LogP contribution < -0.4 is 0 Å². The average molecular weight is 376 g/mol. The first-order valence-corrected chi connectivity index (χ1v) is 10.2. The number of likely N-dealkylation sites (tertiary alicyclic amines) is 1. The molecule has 140 valence electrons. The Morgan fingerprint density at radius 2 is 2.19 bits per heavy atom. The molecular formula is C18H24N4O3S. The van der Waals surface area contributed by atoms with Crippen LogP contribution in [0.5, 0.6) is 0 Å². The molecule has 1 atom stereocenters. The molecular weight excluding hydrogens is 352 g/mol. The van der Waals surface area contributed by atoms with Crippen molar-refractivity contribution in [2.75, 3.05) is 20.1 Å². The quantitative estimate of drug-likeness (QED) is 0.771.